The second-order valence-corrected chi connectivity index (χ2v) is 15.9. The molecule has 0 bridgehead atoms. The number of methoxy groups -OCH3 is 3. The number of nitrogens with one attached hydrogen (secondary N) is 1. The third-order valence-corrected chi connectivity index (χ3v) is 13.0. The van der Waals surface area contributed by atoms with Crippen LogP contribution in [0.25, 0.3) is 0 Å². The molecule has 6 aliphatic rings. The molecule has 17 atom stereocenters. The summed E-state index contributed by atoms with van der Waals surface area (Å²) in [6.07, 6.45) is 10.8. The summed E-state index contributed by atoms with van der Waals surface area (Å²) in [7, 11) is 6.93. The molecule has 1 saturated carbocycles. The lowest BCUT2D eigenvalue weighted by atomic mass is 9.70. The van der Waals surface area contributed by atoms with E-state index >= 15 is 0 Å². The number of ketones is 1. The molecule has 1 N–H and O–H groups in total. The highest BCUT2D eigenvalue weighted by molar-refractivity contribution is 5.99. The lowest BCUT2D eigenvalue weighted by molar-refractivity contribution is -0.314. The van der Waals surface area contributed by atoms with E-state index in [1.165, 1.54) is 0 Å². The summed E-state index contributed by atoms with van der Waals surface area (Å²) in [5.41, 5.74) is 0.761. The first-order valence-corrected chi connectivity index (χ1v) is 19.6. The number of carbonyl (C=O) groups excluding carboxylic acids is 2. The SMILES string of the molecule is CC[C@H]1CCC[C@@H](O[C@H]2CC[C@H](NC)[C@@H](C)O2)[C@@H](C)C(=O)C2=C[C@@H]3[C@@H](C=C[C@@H]4C[C@@H](O[C@@H]5O[C@@H](C)[C@H](OC)[C@@H](OC)[C@H]5OC)C[C@@H]34)[C@@H]2CC(=O)O1. The normalized spacial score (nSPS) is 46.3. The number of hydrogen-bond donors (Lipinski definition) is 1. The molecule has 0 aromatic rings. The first kappa shape index (κ1) is 39.0. The Labute approximate surface area is 304 Å². The Kier molecular flexibility index (Phi) is 13.1. The third kappa shape index (κ3) is 8.21. The Balaban J connectivity index is 1.21. The number of likely N-dealkylation sites (N-methyl/N-ethyl adjacent to an activating group) is 1. The molecule has 11 nitrogen and oxygen atoms in total. The quantitative estimate of drug-likeness (QED) is 0.252. The molecule has 4 fully saturated rings. The summed E-state index contributed by atoms with van der Waals surface area (Å²) >= 11 is 0. The van der Waals surface area contributed by atoms with Crippen molar-refractivity contribution in [2.45, 2.75) is 153 Å². The van der Waals surface area contributed by atoms with Crippen molar-refractivity contribution in [3.63, 3.8) is 0 Å². The van der Waals surface area contributed by atoms with Gasteiger partial charge in [-0.05, 0) is 102 Å². The average Bonchev–Trinajstić information content (AvgIpc) is 3.70. The minimum Gasteiger partial charge on any atom is -0.462 e. The highest BCUT2D eigenvalue weighted by Gasteiger charge is 2.52. The number of ether oxygens (including phenoxy) is 8. The summed E-state index contributed by atoms with van der Waals surface area (Å²) in [5.74, 6) is 0.0185. The van der Waals surface area contributed by atoms with Gasteiger partial charge in [-0.2, -0.15) is 0 Å². The molecule has 0 aromatic heterocycles. The van der Waals surface area contributed by atoms with Crippen LogP contribution in [-0.4, -0.2) is 108 Å². The molecule has 11 heteroatoms. The zero-order valence-electron chi connectivity index (χ0n) is 32.0. The fraction of sp³-hybridized carbons (Fsp3) is 0.850. The summed E-state index contributed by atoms with van der Waals surface area (Å²) in [5, 5.41) is 3.34. The van der Waals surface area contributed by atoms with Gasteiger partial charge in [0.1, 0.15) is 24.4 Å². The molecule has 3 saturated heterocycles. The van der Waals surface area contributed by atoms with Crippen LogP contribution >= 0.6 is 0 Å². The average molecular weight is 718 g/mol. The predicted octanol–water partition coefficient (Wildman–Crippen LogP) is 5.15. The van der Waals surface area contributed by atoms with E-state index in [2.05, 4.69) is 37.4 Å². The van der Waals surface area contributed by atoms with Crippen LogP contribution in [0.1, 0.15) is 85.5 Å². The van der Waals surface area contributed by atoms with Crippen molar-refractivity contribution in [3.8, 4) is 0 Å². The Morgan fingerprint density at radius 1 is 0.843 bits per heavy atom. The van der Waals surface area contributed by atoms with Crippen molar-refractivity contribution in [1.82, 2.24) is 5.32 Å². The van der Waals surface area contributed by atoms with Gasteiger partial charge in [0.2, 0.25) is 0 Å². The van der Waals surface area contributed by atoms with Crippen LogP contribution in [0.15, 0.2) is 23.8 Å². The number of fused-ring (bicyclic) bond motifs is 5. The van der Waals surface area contributed by atoms with Crippen molar-refractivity contribution in [3.05, 3.63) is 23.8 Å². The smallest absolute Gasteiger partial charge is 0.306 e. The molecule has 51 heavy (non-hydrogen) atoms. The van der Waals surface area contributed by atoms with Gasteiger partial charge in [0.05, 0.1) is 30.8 Å². The van der Waals surface area contributed by atoms with E-state index in [0.717, 1.165) is 50.5 Å². The molecule has 0 aromatic carbocycles. The maximum atomic E-state index is 14.6. The molecule has 288 valence electrons. The Morgan fingerprint density at radius 2 is 1.61 bits per heavy atom. The highest BCUT2D eigenvalue weighted by Crippen LogP contribution is 2.54. The van der Waals surface area contributed by atoms with Crippen LogP contribution in [0, 0.1) is 35.5 Å². The number of hydrogen-bond acceptors (Lipinski definition) is 11. The maximum absolute atomic E-state index is 14.6. The Bertz CT molecular complexity index is 1260. The summed E-state index contributed by atoms with van der Waals surface area (Å²) in [4.78, 5) is 28.1. The van der Waals surface area contributed by atoms with Gasteiger partial charge in [0, 0.05) is 39.2 Å². The van der Waals surface area contributed by atoms with E-state index in [1.807, 2.05) is 20.9 Å². The zero-order valence-corrected chi connectivity index (χ0v) is 32.0. The fourth-order valence-electron chi connectivity index (χ4n) is 10.1. The van der Waals surface area contributed by atoms with E-state index in [-0.39, 0.29) is 103 Å². The van der Waals surface area contributed by atoms with Crippen LogP contribution in [0.2, 0.25) is 0 Å². The number of carbonyl (C=O) groups is 2. The van der Waals surface area contributed by atoms with Gasteiger partial charge < -0.3 is 43.2 Å². The largest absolute Gasteiger partial charge is 0.462 e. The molecule has 0 unspecified atom stereocenters. The van der Waals surface area contributed by atoms with Gasteiger partial charge in [-0.15, -0.1) is 0 Å². The van der Waals surface area contributed by atoms with E-state index in [4.69, 9.17) is 37.9 Å². The van der Waals surface area contributed by atoms with Gasteiger partial charge in [-0.1, -0.05) is 32.1 Å². The third-order valence-electron chi connectivity index (χ3n) is 13.0. The number of esters is 1. The molecule has 3 heterocycles. The minimum absolute atomic E-state index is 0.0241. The Hall–Kier alpha value is -1.70. The van der Waals surface area contributed by atoms with Gasteiger partial charge >= 0.3 is 5.97 Å². The van der Waals surface area contributed by atoms with Crippen LogP contribution in [0.3, 0.4) is 0 Å². The molecular weight excluding hydrogens is 654 g/mol. The molecule has 6 rings (SSSR count). The standard InChI is InChI=1S/C40H63NO10/c1-9-25-11-10-12-33(51-35-16-15-32(41-5)22(3)47-35)21(2)36(43)31-19-29-27(30(31)20-34(42)49-25)14-13-24-17-26(18-28(24)29)50-40-39(46-8)38(45-7)37(44-6)23(4)48-40/h13-14,19,21-30,32-33,35,37-41H,9-12,15-18,20H2,1-8H3/t21-,22-,23+,24-,25+,26-,27-,28-,29-,30+,32+,33-,35+,37+,38-,39-,40+/m1/s1. The molecule has 3 aliphatic carbocycles. The fourth-order valence-corrected chi connectivity index (χ4v) is 10.1. The van der Waals surface area contributed by atoms with Gasteiger partial charge in [-0.3, -0.25) is 9.59 Å². The van der Waals surface area contributed by atoms with Crippen LogP contribution in [0.4, 0.5) is 0 Å². The van der Waals surface area contributed by atoms with Gasteiger partial charge in [0.25, 0.3) is 0 Å². The highest BCUT2D eigenvalue weighted by atomic mass is 16.7. The van der Waals surface area contributed by atoms with Crippen molar-refractivity contribution >= 4 is 11.8 Å². The van der Waals surface area contributed by atoms with Crippen molar-refractivity contribution in [1.29, 1.82) is 0 Å². The van der Waals surface area contributed by atoms with E-state index in [9.17, 15) is 9.59 Å². The van der Waals surface area contributed by atoms with Crippen molar-refractivity contribution in [2.75, 3.05) is 28.4 Å². The Morgan fingerprint density at radius 3 is 2.29 bits per heavy atom. The molecule has 0 spiro atoms. The predicted molar refractivity (Wildman–Crippen MR) is 190 cm³/mol. The minimum atomic E-state index is -0.593. The molecule has 3 aliphatic heterocycles. The van der Waals surface area contributed by atoms with Crippen molar-refractivity contribution in [2.24, 2.45) is 35.5 Å². The van der Waals surface area contributed by atoms with E-state index in [0.29, 0.717) is 12.3 Å². The van der Waals surface area contributed by atoms with E-state index in [1.54, 1.807) is 21.3 Å². The molecule has 0 radical (unpaired) electrons. The summed E-state index contributed by atoms with van der Waals surface area (Å²) < 4.78 is 49.4. The monoisotopic (exact) mass is 717 g/mol. The van der Waals surface area contributed by atoms with Crippen LogP contribution < -0.4 is 5.32 Å². The lowest BCUT2D eigenvalue weighted by Gasteiger charge is -2.44. The lowest BCUT2D eigenvalue weighted by Crippen LogP contribution is -2.59. The number of Topliss-reactive ketones (excluding diaryl/α,β-unsaturated/α-hetero) is 1. The second kappa shape index (κ2) is 17.2. The topological polar surface area (TPSA) is 120 Å². The van der Waals surface area contributed by atoms with Crippen LogP contribution in [0.5, 0.6) is 0 Å². The molecular formula is C40H63NO10. The summed E-state index contributed by atoms with van der Waals surface area (Å²) in [6, 6.07) is 0.288. The first-order valence-electron chi connectivity index (χ1n) is 19.6. The number of allylic oxidation sites excluding steroid dienone is 4. The first-order chi connectivity index (χ1) is 24.6. The maximum Gasteiger partial charge on any atom is 0.306 e. The van der Waals surface area contributed by atoms with E-state index < -0.39 is 12.4 Å². The second-order valence-electron chi connectivity index (χ2n) is 15.9. The van der Waals surface area contributed by atoms with Crippen molar-refractivity contribution < 1.29 is 47.5 Å². The number of cyclic esters (lactones) is 1. The van der Waals surface area contributed by atoms with Gasteiger partial charge in [-0.25, -0.2) is 0 Å². The molecule has 0 amide bonds. The number of rotatable bonds is 9. The van der Waals surface area contributed by atoms with Gasteiger partial charge in [0.15, 0.2) is 18.4 Å². The zero-order chi connectivity index (χ0) is 36.4. The van der Waals surface area contributed by atoms with Crippen LogP contribution in [-0.2, 0) is 47.5 Å². The summed E-state index contributed by atoms with van der Waals surface area (Å²) in [6.45, 7) is 8.12.